The summed E-state index contributed by atoms with van der Waals surface area (Å²) in [5.74, 6) is 0.677. The van der Waals surface area contributed by atoms with E-state index in [0.29, 0.717) is 55.3 Å². The van der Waals surface area contributed by atoms with Gasteiger partial charge in [0.1, 0.15) is 5.75 Å². The number of benzene rings is 2. The summed E-state index contributed by atoms with van der Waals surface area (Å²) < 4.78 is 45.4. The molecule has 0 bridgehead atoms. The third kappa shape index (κ3) is 5.98. The number of aryl methyl sites for hydroxylation is 1. The Hall–Kier alpha value is -4.16. The largest absolute Gasteiger partial charge is 0.489 e. The summed E-state index contributed by atoms with van der Waals surface area (Å²) in [4.78, 5) is 24.1. The van der Waals surface area contributed by atoms with Gasteiger partial charge in [-0.05, 0) is 64.1 Å². The van der Waals surface area contributed by atoms with Crippen LogP contribution >= 0.6 is 0 Å². The van der Waals surface area contributed by atoms with Gasteiger partial charge in [-0.15, -0.1) is 0 Å². The smallest absolute Gasteiger partial charge is 0.269 e. The molecule has 0 radical (unpaired) electrons. The summed E-state index contributed by atoms with van der Waals surface area (Å²) in [6.07, 6.45) is 1.27. The highest BCUT2D eigenvalue weighted by Crippen LogP contribution is 2.33. The molecule has 1 fully saturated rings. The molecule has 4 aromatic rings. The number of carbonyl (C=O) groups excluding carboxylic acids is 1. The number of fused-ring (bicyclic) bond motifs is 1. The molecular weight excluding hydrogens is 546 g/mol. The van der Waals surface area contributed by atoms with Crippen LogP contribution in [0.15, 0.2) is 59.6 Å². The minimum atomic E-state index is -3.94. The summed E-state index contributed by atoms with van der Waals surface area (Å²) in [5.41, 5.74) is 2.11. The van der Waals surface area contributed by atoms with E-state index < -0.39 is 10.0 Å². The van der Waals surface area contributed by atoms with Crippen LogP contribution in [0.4, 0.5) is 11.6 Å². The quantitative estimate of drug-likeness (QED) is 0.308. The van der Waals surface area contributed by atoms with Gasteiger partial charge < -0.3 is 24.4 Å². The lowest BCUT2D eigenvalue weighted by molar-refractivity contribution is 0.0302. The Morgan fingerprint density at radius 1 is 1.07 bits per heavy atom. The molecule has 1 amide bonds. The second-order valence-corrected chi connectivity index (χ2v) is 11.7. The lowest BCUT2D eigenvalue weighted by atomic mass is 10.1. The predicted molar refractivity (Wildman–Crippen MR) is 155 cm³/mol. The average Bonchev–Trinajstić information content (AvgIpc) is 3.39. The van der Waals surface area contributed by atoms with Gasteiger partial charge in [0.15, 0.2) is 5.65 Å². The molecular formula is C29H33N5O6S. The Kier molecular flexibility index (Phi) is 8.13. The molecule has 1 aliphatic rings. The first kappa shape index (κ1) is 28.4. The van der Waals surface area contributed by atoms with Crippen molar-refractivity contribution in [3.63, 3.8) is 0 Å². The number of ether oxygens (including phenoxy) is 3. The zero-order valence-electron chi connectivity index (χ0n) is 23.5. The van der Waals surface area contributed by atoms with E-state index in [2.05, 4.69) is 15.3 Å². The van der Waals surface area contributed by atoms with Crippen molar-refractivity contribution in [2.75, 3.05) is 38.2 Å². The third-order valence-corrected chi connectivity index (χ3v) is 8.15. The fourth-order valence-electron chi connectivity index (χ4n) is 4.46. The maximum atomic E-state index is 13.5. The van der Waals surface area contributed by atoms with Crippen molar-refractivity contribution in [1.82, 2.24) is 18.8 Å². The Bertz CT molecular complexity index is 1660. The van der Waals surface area contributed by atoms with E-state index in [9.17, 15) is 13.2 Å². The third-order valence-electron chi connectivity index (χ3n) is 6.47. The molecule has 0 spiro atoms. The van der Waals surface area contributed by atoms with Crippen molar-refractivity contribution in [3.05, 3.63) is 65.9 Å². The van der Waals surface area contributed by atoms with E-state index in [-0.39, 0.29) is 34.4 Å². The Labute approximate surface area is 239 Å². The van der Waals surface area contributed by atoms with Gasteiger partial charge in [-0.3, -0.25) is 4.79 Å². The number of hydrogen-bond acceptors (Lipinski definition) is 9. The number of nitrogens with one attached hydrogen (secondary N) is 1. The van der Waals surface area contributed by atoms with Gasteiger partial charge in [0.05, 0.1) is 41.9 Å². The number of aromatic nitrogens is 3. The molecule has 2 aromatic carbocycles. The molecule has 5 rings (SSSR count). The van der Waals surface area contributed by atoms with Crippen LogP contribution in [0.25, 0.3) is 11.0 Å². The monoisotopic (exact) mass is 579 g/mol. The van der Waals surface area contributed by atoms with Crippen LogP contribution in [0.1, 0.15) is 36.7 Å². The number of nitrogens with zero attached hydrogens (tertiary/aromatic N) is 4. The number of amides is 1. The summed E-state index contributed by atoms with van der Waals surface area (Å²) in [5, 5.41) is 3.61. The fraction of sp³-hybridized carbons (Fsp3) is 0.345. The summed E-state index contributed by atoms with van der Waals surface area (Å²) >= 11 is 0. The van der Waals surface area contributed by atoms with E-state index in [4.69, 9.17) is 14.2 Å². The van der Waals surface area contributed by atoms with Crippen LogP contribution in [0.5, 0.6) is 11.6 Å². The minimum Gasteiger partial charge on any atom is -0.489 e. The van der Waals surface area contributed by atoms with Gasteiger partial charge in [0.2, 0.25) is 11.8 Å². The summed E-state index contributed by atoms with van der Waals surface area (Å²) in [6.45, 7) is 9.87. The van der Waals surface area contributed by atoms with E-state index >= 15 is 0 Å². The van der Waals surface area contributed by atoms with Gasteiger partial charge in [0, 0.05) is 24.8 Å². The first-order valence-corrected chi connectivity index (χ1v) is 14.9. The first-order chi connectivity index (χ1) is 19.7. The highest BCUT2D eigenvalue weighted by Gasteiger charge is 2.24. The number of anilines is 2. The molecule has 12 heteroatoms. The van der Waals surface area contributed by atoms with Crippen LogP contribution in [-0.2, 0) is 14.8 Å². The van der Waals surface area contributed by atoms with E-state index in [1.807, 2.05) is 27.7 Å². The molecule has 3 heterocycles. The van der Waals surface area contributed by atoms with Gasteiger partial charge in [0.25, 0.3) is 15.9 Å². The minimum absolute atomic E-state index is 0.108. The molecule has 1 saturated heterocycles. The van der Waals surface area contributed by atoms with Crippen molar-refractivity contribution in [2.24, 2.45) is 0 Å². The maximum Gasteiger partial charge on any atom is 0.269 e. The van der Waals surface area contributed by atoms with Crippen LogP contribution in [-0.4, -0.2) is 72.2 Å². The SMILES string of the molecule is CCOc1nc(Nc2ccc(C(=O)N3CCOCC3)cc2OC(C)C)nc2c1ccn2S(=O)(=O)c1ccc(C)cc1. The lowest BCUT2D eigenvalue weighted by Crippen LogP contribution is -2.40. The first-order valence-electron chi connectivity index (χ1n) is 13.5. The molecule has 1 aliphatic heterocycles. The normalized spacial score (nSPS) is 13.9. The van der Waals surface area contributed by atoms with Crippen molar-refractivity contribution >= 4 is 38.6 Å². The van der Waals surface area contributed by atoms with Gasteiger partial charge in [-0.25, -0.2) is 12.4 Å². The van der Waals surface area contributed by atoms with E-state index in [1.165, 1.54) is 6.20 Å². The molecule has 0 aliphatic carbocycles. The van der Waals surface area contributed by atoms with Gasteiger partial charge in [-0.2, -0.15) is 9.97 Å². The van der Waals surface area contributed by atoms with E-state index in [0.717, 1.165) is 9.54 Å². The molecule has 1 N–H and O–H groups in total. The van der Waals surface area contributed by atoms with Crippen molar-refractivity contribution in [3.8, 4) is 11.6 Å². The molecule has 216 valence electrons. The molecule has 11 nitrogen and oxygen atoms in total. The Morgan fingerprint density at radius 3 is 2.49 bits per heavy atom. The average molecular weight is 580 g/mol. The molecule has 0 atom stereocenters. The summed E-state index contributed by atoms with van der Waals surface area (Å²) in [7, 11) is -3.94. The topological polar surface area (TPSA) is 125 Å². The van der Waals surface area contributed by atoms with E-state index in [1.54, 1.807) is 53.4 Å². The number of hydrogen-bond donors (Lipinski definition) is 1. The van der Waals surface area contributed by atoms with Crippen molar-refractivity contribution < 1.29 is 27.4 Å². The molecule has 0 unspecified atom stereocenters. The Balaban J connectivity index is 1.54. The van der Waals surface area contributed by atoms with Crippen LogP contribution in [0.2, 0.25) is 0 Å². The second kappa shape index (κ2) is 11.8. The number of morpholine rings is 1. The zero-order chi connectivity index (χ0) is 29.1. The zero-order valence-corrected chi connectivity index (χ0v) is 24.3. The van der Waals surface area contributed by atoms with Crippen LogP contribution < -0.4 is 14.8 Å². The number of rotatable bonds is 9. The standard InChI is InChI=1S/C29H33N5O6S/c1-5-39-27-23-12-13-34(41(36,37)22-9-6-20(4)7-10-22)26(23)31-29(32-27)30-24-11-8-21(18-25(24)40-19(2)3)28(35)33-14-16-38-17-15-33/h6-13,18-19H,5,14-17H2,1-4H3,(H,30,31,32). The number of carbonyl (C=O) groups is 1. The molecule has 0 saturated carbocycles. The van der Waals surface area contributed by atoms with Gasteiger partial charge >= 0.3 is 0 Å². The molecule has 2 aromatic heterocycles. The second-order valence-electron chi connectivity index (χ2n) is 9.86. The highest BCUT2D eigenvalue weighted by atomic mass is 32.2. The van der Waals surface area contributed by atoms with Crippen LogP contribution in [0, 0.1) is 6.92 Å². The van der Waals surface area contributed by atoms with Crippen LogP contribution in [0.3, 0.4) is 0 Å². The predicted octanol–water partition coefficient (Wildman–Crippen LogP) is 4.38. The Morgan fingerprint density at radius 2 is 1.80 bits per heavy atom. The fourth-order valence-corrected chi connectivity index (χ4v) is 5.76. The maximum absolute atomic E-state index is 13.5. The lowest BCUT2D eigenvalue weighted by Gasteiger charge is -2.27. The summed E-state index contributed by atoms with van der Waals surface area (Å²) in [6, 6.07) is 13.4. The van der Waals surface area contributed by atoms with Crippen molar-refractivity contribution in [2.45, 2.75) is 38.7 Å². The highest BCUT2D eigenvalue weighted by molar-refractivity contribution is 7.90. The van der Waals surface area contributed by atoms with Gasteiger partial charge in [-0.1, -0.05) is 17.7 Å². The van der Waals surface area contributed by atoms with Crippen molar-refractivity contribution in [1.29, 1.82) is 0 Å². The molecule has 41 heavy (non-hydrogen) atoms.